The van der Waals surface area contributed by atoms with Crippen LogP contribution in [0, 0.1) is 6.92 Å². The Labute approximate surface area is 223 Å². The summed E-state index contributed by atoms with van der Waals surface area (Å²) in [4.78, 5) is 11.6. The van der Waals surface area contributed by atoms with Crippen molar-refractivity contribution in [2.75, 3.05) is 51.8 Å². The van der Waals surface area contributed by atoms with Gasteiger partial charge in [-0.15, -0.1) is 0 Å². The van der Waals surface area contributed by atoms with E-state index in [2.05, 4.69) is 32.8 Å². The maximum Gasteiger partial charge on any atom is 0.242 e. The number of nitrogens with one attached hydrogen (secondary N) is 1. The molecule has 8 nitrogen and oxygen atoms in total. The lowest BCUT2D eigenvalue weighted by Crippen LogP contribution is -2.42. The van der Waals surface area contributed by atoms with E-state index in [1.807, 2.05) is 42.1 Å². The van der Waals surface area contributed by atoms with E-state index in [9.17, 15) is 4.39 Å². The third-order valence-electron chi connectivity index (χ3n) is 7.12. The molecule has 0 atom stereocenters. The Balaban J connectivity index is 1.21. The van der Waals surface area contributed by atoms with Crippen LogP contribution >= 0.6 is 0 Å². The topological polar surface area (TPSA) is 76.8 Å². The van der Waals surface area contributed by atoms with Crippen molar-refractivity contribution in [1.82, 2.24) is 19.7 Å². The van der Waals surface area contributed by atoms with Crippen LogP contribution in [0.2, 0.25) is 0 Å². The molecule has 0 amide bonds. The number of likely N-dealkylation sites (tertiary alicyclic amines) is 1. The van der Waals surface area contributed by atoms with Crippen molar-refractivity contribution < 1.29 is 13.9 Å². The second kappa shape index (κ2) is 11.4. The second-order valence-electron chi connectivity index (χ2n) is 9.96. The van der Waals surface area contributed by atoms with Gasteiger partial charge in [-0.3, -0.25) is 4.68 Å². The highest BCUT2D eigenvalue weighted by Gasteiger charge is 2.40. The molecule has 38 heavy (non-hydrogen) atoms. The van der Waals surface area contributed by atoms with Crippen LogP contribution in [0.5, 0.6) is 0 Å². The molecule has 9 heteroatoms. The lowest BCUT2D eigenvalue weighted by molar-refractivity contribution is -0.135. The Morgan fingerprint density at radius 2 is 1.95 bits per heavy atom. The van der Waals surface area contributed by atoms with Gasteiger partial charge >= 0.3 is 0 Å². The smallest absolute Gasteiger partial charge is 0.242 e. The quantitative estimate of drug-likeness (QED) is 0.317. The molecule has 1 aromatic carbocycles. The van der Waals surface area contributed by atoms with Gasteiger partial charge in [-0.25, -0.2) is 14.4 Å². The van der Waals surface area contributed by atoms with E-state index in [-0.39, 0.29) is 13.2 Å². The van der Waals surface area contributed by atoms with E-state index in [1.54, 1.807) is 19.2 Å². The highest BCUT2D eigenvalue weighted by atomic mass is 19.1. The molecule has 0 radical (unpaired) electrons. The minimum absolute atomic E-state index is 0.0945. The number of hydrogen-bond donors (Lipinski definition) is 1. The molecule has 0 bridgehead atoms. The zero-order valence-corrected chi connectivity index (χ0v) is 22.1. The fraction of sp³-hybridized carbons (Fsp3) is 0.414. The fourth-order valence-electron chi connectivity index (χ4n) is 4.72. The summed E-state index contributed by atoms with van der Waals surface area (Å²) in [5, 5.41) is 8.12. The highest BCUT2D eigenvalue weighted by molar-refractivity contribution is 5.95. The van der Waals surface area contributed by atoms with Crippen molar-refractivity contribution in [2.45, 2.75) is 32.0 Å². The molecule has 200 valence electrons. The van der Waals surface area contributed by atoms with Crippen molar-refractivity contribution in [3.05, 3.63) is 83.3 Å². The molecule has 2 aromatic heterocycles. The molecule has 2 fully saturated rings. The average Bonchev–Trinajstić information content (AvgIpc) is 3.56. The fourth-order valence-corrected chi connectivity index (χ4v) is 4.72. The molecule has 0 spiro atoms. The van der Waals surface area contributed by atoms with Crippen LogP contribution < -0.4 is 5.32 Å². The minimum atomic E-state index is -1.40. The second-order valence-corrected chi connectivity index (χ2v) is 9.96. The van der Waals surface area contributed by atoms with Gasteiger partial charge in [0.15, 0.2) is 5.67 Å². The largest absolute Gasteiger partial charge is 0.479 e. The van der Waals surface area contributed by atoms with Crippen LogP contribution in [0.3, 0.4) is 0 Å². The standard InChI is InChI=1S/C29H35FN6O2/c1-21-16-26(28(37-3)33-22(2)24-7-9-25(10-8-24)29(30)19-38-20-29)34-36(21)18-23-6-11-27(32-17-23)31-12-15-35-13-4-5-14-35/h6-11,16-17H,2,4-5,12-15,18-20H2,1,3H3,(H,31,32). The van der Waals surface area contributed by atoms with Crippen LogP contribution in [0.4, 0.5) is 10.2 Å². The minimum Gasteiger partial charge on any atom is -0.479 e. The lowest BCUT2D eigenvalue weighted by Gasteiger charge is -2.34. The van der Waals surface area contributed by atoms with E-state index in [1.165, 1.54) is 25.9 Å². The normalized spacial score (nSPS) is 17.3. The average molecular weight is 519 g/mol. The molecule has 2 saturated heterocycles. The SMILES string of the molecule is C=C(N=C(OC)c1cc(C)n(Cc2ccc(NCCN3CCCC3)nc2)n1)c1ccc(C2(F)COC2)cc1. The van der Waals surface area contributed by atoms with Crippen LogP contribution in [0.1, 0.15) is 40.9 Å². The molecule has 3 aromatic rings. The summed E-state index contributed by atoms with van der Waals surface area (Å²) in [6.45, 7) is 11.2. The van der Waals surface area contributed by atoms with Gasteiger partial charge in [0.25, 0.3) is 0 Å². The number of aliphatic imine (C=N–C) groups is 1. The Hall–Kier alpha value is -3.56. The predicted octanol–water partition coefficient (Wildman–Crippen LogP) is 4.40. The Morgan fingerprint density at radius 3 is 2.58 bits per heavy atom. The Morgan fingerprint density at radius 1 is 1.18 bits per heavy atom. The van der Waals surface area contributed by atoms with E-state index in [0.717, 1.165) is 35.7 Å². The van der Waals surface area contributed by atoms with Gasteiger partial charge in [-0.05, 0) is 61.7 Å². The van der Waals surface area contributed by atoms with Crippen LogP contribution in [-0.4, -0.2) is 72.1 Å². The maximum atomic E-state index is 14.6. The number of aromatic nitrogens is 3. The van der Waals surface area contributed by atoms with Crippen molar-refractivity contribution in [1.29, 1.82) is 0 Å². The number of nitrogens with zero attached hydrogens (tertiary/aromatic N) is 5. The number of methoxy groups -OCH3 is 1. The summed E-state index contributed by atoms with van der Waals surface area (Å²) >= 11 is 0. The van der Waals surface area contributed by atoms with Gasteiger partial charge in [-0.1, -0.05) is 36.9 Å². The molecular weight excluding hydrogens is 483 g/mol. The van der Waals surface area contributed by atoms with Gasteiger partial charge in [-0.2, -0.15) is 5.10 Å². The molecule has 0 unspecified atom stereocenters. The van der Waals surface area contributed by atoms with Crippen LogP contribution in [0.15, 0.2) is 60.2 Å². The monoisotopic (exact) mass is 518 g/mol. The van der Waals surface area contributed by atoms with Gasteiger partial charge < -0.3 is 19.7 Å². The number of pyridine rings is 1. The molecule has 0 aliphatic carbocycles. The first-order valence-electron chi connectivity index (χ1n) is 13.1. The summed E-state index contributed by atoms with van der Waals surface area (Å²) in [6.07, 6.45) is 4.49. The van der Waals surface area contributed by atoms with Crippen LogP contribution in [-0.2, 0) is 21.7 Å². The number of benzene rings is 1. The molecule has 1 N–H and O–H groups in total. The van der Waals surface area contributed by atoms with Gasteiger partial charge in [0.05, 0.1) is 32.6 Å². The number of alkyl halides is 1. The Kier molecular flexibility index (Phi) is 7.85. The van der Waals surface area contributed by atoms with E-state index < -0.39 is 5.67 Å². The molecule has 2 aliphatic heterocycles. The zero-order valence-electron chi connectivity index (χ0n) is 22.1. The number of rotatable bonds is 10. The lowest BCUT2D eigenvalue weighted by atomic mass is 9.93. The summed E-state index contributed by atoms with van der Waals surface area (Å²) < 4.78 is 27.0. The van der Waals surface area contributed by atoms with E-state index in [0.29, 0.717) is 29.4 Å². The van der Waals surface area contributed by atoms with Crippen LogP contribution in [0.25, 0.3) is 5.70 Å². The van der Waals surface area contributed by atoms with Gasteiger partial charge in [0.2, 0.25) is 5.90 Å². The molecule has 5 rings (SSSR count). The summed E-state index contributed by atoms with van der Waals surface area (Å²) in [5.74, 6) is 1.25. The van der Waals surface area contributed by atoms with E-state index in [4.69, 9.17) is 14.6 Å². The Bertz CT molecular complexity index is 1280. The van der Waals surface area contributed by atoms with Crippen molar-refractivity contribution in [2.24, 2.45) is 4.99 Å². The number of halogens is 1. The summed E-state index contributed by atoms with van der Waals surface area (Å²) in [6, 6.07) is 13.2. The third-order valence-corrected chi connectivity index (χ3v) is 7.12. The number of anilines is 1. The number of aryl methyl sites for hydroxylation is 1. The molecule has 2 aliphatic rings. The summed E-state index contributed by atoms with van der Waals surface area (Å²) in [5.41, 5.74) is 3.14. The highest BCUT2D eigenvalue weighted by Crippen LogP contribution is 2.34. The number of ether oxygens (including phenoxy) is 2. The zero-order chi connectivity index (χ0) is 26.5. The first-order chi connectivity index (χ1) is 18.4. The first-order valence-corrected chi connectivity index (χ1v) is 13.1. The number of hydrogen-bond acceptors (Lipinski definition) is 7. The molecule has 4 heterocycles. The third kappa shape index (κ3) is 5.95. The first kappa shape index (κ1) is 26.1. The van der Waals surface area contributed by atoms with Crippen molar-refractivity contribution >= 4 is 17.4 Å². The van der Waals surface area contributed by atoms with Crippen molar-refractivity contribution in [3.63, 3.8) is 0 Å². The molecule has 0 saturated carbocycles. The van der Waals surface area contributed by atoms with Crippen molar-refractivity contribution in [3.8, 4) is 0 Å². The maximum absolute atomic E-state index is 14.6. The van der Waals surface area contributed by atoms with Gasteiger partial charge in [0, 0.05) is 25.0 Å². The van der Waals surface area contributed by atoms with E-state index >= 15 is 0 Å². The molecular formula is C29H35FN6O2. The summed E-state index contributed by atoms with van der Waals surface area (Å²) in [7, 11) is 1.56. The predicted molar refractivity (Wildman–Crippen MR) is 147 cm³/mol. The van der Waals surface area contributed by atoms with Gasteiger partial charge in [0.1, 0.15) is 11.5 Å².